The van der Waals surface area contributed by atoms with Gasteiger partial charge in [-0.3, -0.25) is 25.0 Å². The summed E-state index contributed by atoms with van der Waals surface area (Å²) in [7, 11) is 0. The molecule has 9 nitrogen and oxygen atoms in total. The van der Waals surface area contributed by atoms with E-state index in [1.165, 1.54) is 0 Å². The van der Waals surface area contributed by atoms with Crippen molar-refractivity contribution in [2.24, 2.45) is 0 Å². The van der Waals surface area contributed by atoms with Gasteiger partial charge in [0, 0.05) is 6.07 Å². The van der Waals surface area contributed by atoms with E-state index < -0.39 is 33.7 Å². The summed E-state index contributed by atoms with van der Waals surface area (Å²) in [5, 5.41) is 30.3. The molecule has 0 spiro atoms. The number of anilines is 1. The highest BCUT2D eigenvalue weighted by Gasteiger charge is 2.24. The number of nitro groups is 2. The number of benzene rings is 1. The summed E-state index contributed by atoms with van der Waals surface area (Å²) >= 11 is 0. The van der Waals surface area contributed by atoms with Gasteiger partial charge in [0.15, 0.2) is 0 Å². The Hall–Kier alpha value is -3.15. The fraction of sp³-hybridized carbons (Fsp3) is 0.182. The van der Waals surface area contributed by atoms with E-state index in [2.05, 4.69) is 5.92 Å². The van der Waals surface area contributed by atoms with Crippen LogP contribution in [-0.2, 0) is 4.79 Å². The average Bonchev–Trinajstić information content (AvgIpc) is 2.36. The van der Waals surface area contributed by atoms with Gasteiger partial charge in [0.1, 0.15) is 12.2 Å². The number of carboxylic acid groups (broad SMARTS) is 1. The first-order valence-electron chi connectivity index (χ1n) is 5.20. The number of terminal acetylenes is 1. The molecular weight excluding hydrogens is 270 g/mol. The number of non-ortho nitro benzene ring substituents is 1. The van der Waals surface area contributed by atoms with Crippen LogP contribution in [0.5, 0.6) is 0 Å². The quantitative estimate of drug-likeness (QED) is 0.468. The summed E-state index contributed by atoms with van der Waals surface area (Å²) in [5.74, 6) is 0.952. The summed E-state index contributed by atoms with van der Waals surface area (Å²) in [6.45, 7) is -0.728. The minimum Gasteiger partial charge on any atom is -0.480 e. The van der Waals surface area contributed by atoms with Gasteiger partial charge in [0.25, 0.3) is 11.4 Å². The number of aliphatic carboxylic acids is 1. The highest BCUT2D eigenvalue weighted by Crippen LogP contribution is 2.31. The number of nitro benzene ring substituents is 2. The molecule has 0 saturated carbocycles. The Labute approximate surface area is 112 Å². The van der Waals surface area contributed by atoms with Gasteiger partial charge in [0.05, 0.1) is 22.5 Å². The smallest absolute Gasteiger partial charge is 0.323 e. The van der Waals surface area contributed by atoms with E-state index in [0.717, 1.165) is 23.1 Å². The van der Waals surface area contributed by atoms with Crippen LogP contribution in [0.3, 0.4) is 0 Å². The van der Waals surface area contributed by atoms with Crippen LogP contribution in [0.25, 0.3) is 0 Å². The molecule has 1 aromatic rings. The Morgan fingerprint density at radius 1 is 1.35 bits per heavy atom. The van der Waals surface area contributed by atoms with Crippen LogP contribution < -0.4 is 4.90 Å². The van der Waals surface area contributed by atoms with Gasteiger partial charge < -0.3 is 10.0 Å². The number of hydrogen-bond donors (Lipinski definition) is 1. The molecule has 1 aromatic carbocycles. The number of nitrogens with zero attached hydrogens (tertiary/aromatic N) is 3. The molecule has 20 heavy (non-hydrogen) atoms. The molecule has 0 aromatic heterocycles. The monoisotopic (exact) mass is 279 g/mol. The first-order chi connectivity index (χ1) is 9.36. The second-order valence-corrected chi connectivity index (χ2v) is 3.64. The SMILES string of the molecule is C#CCN(CC(=O)O)c1ccc([N+](=O)[O-])cc1[N+](=O)[O-]. The maximum Gasteiger partial charge on any atom is 0.323 e. The Kier molecular flexibility index (Phi) is 4.58. The van der Waals surface area contributed by atoms with E-state index in [-0.39, 0.29) is 12.2 Å². The predicted molar refractivity (Wildman–Crippen MR) is 68.4 cm³/mol. The summed E-state index contributed by atoms with van der Waals surface area (Å²) in [6.07, 6.45) is 5.08. The zero-order chi connectivity index (χ0) is 15.3. The van der Waals surface area contributed by atoms with Crippen molar-refractivity contribution in [1.82, 2.24) is 0 Å². The molecule has 0 amide bonds. The normalized spacial score (nSPS) is 9.55. The van der Waals surface area contributed by atoms with Crippen LogP contribution in [-0.4, -0.2) is 34.0 Å². The number of rotatable bonds is 6. The third-order valence-electron chi connectivity index (χ3n) is 2.32. The van der Waals surface area contributed by atoms with Crippen molar-refractivity contribution in [3.63, 3.8) is 0 Å². The lowest BCUT2D eigenvalue weighted by Crippen LogP contribution is -2.30. The molecule has 0 heterocycles. The summed E-state index contributed by atoms with van der Waals surface area (Å²) in [4.78, 5) is 31.7. The van der Waals surface area contributed by atoms with Gasteiger partial charge in [-0.15, -0.1) is 6.42 Å². The minimum atomic E-state index is -1.23. The van der Waals surface area contributed by atoms with E-state index in [0.29, 0.717) is 0 Å². The molecule has 104 valence electrons. The molecule has 0 unspecified atom stereocenters. The maximum absolute atomic E-state index is 10.9. The molecule has 0 fully saturated rings. The van der Waals surface area contributed by atoms with Crippen LogP contribution in [0.15, 0.2) is 18.2 Å². The van der Waals surface area contributed by atoms with E-state index in [1.807, 2.05) is 0 Å². The van der Waals surface area contributed by atoms with Crippen molar-refractivity contribution >= 4 is 23.0 Å². The molecule has 0 saturated heterocycles. The predicted octanol–water partition coefficient (Wildman–Crippen LogP) is 1.03. The van der Waals surface area contributed by atoms with Crippen LogP contribution >= 0.6 is 0 Å². The Morgan fingerprint density at radius 3 is 2.45 bits per heavy atom. The second kappa shape index (κ2) is 6.14. The van der Waals surface area contributed by atoms with Crippen LogP contribution in [0.4, 0.5) is 17.1 Å². The van der Waals surface area contributed by atoms with Crippen molar-refractivity contribution in [3.05, 3.63) is 38.4 Å². The second-order valence-electron chi connectivity index (χ2n) is 3.64. The lowest BCUT2D eigenvalue weighted by molar-refractivity contribution is -0.393. The average molecular weight is 279 g/mol. The topological polar surface area (TPSA) is 127 Å². The van der Waals surface area contributed by atoms with E-state index >= 15 is 0 Å². The van der Waals surface area contributed by atoms with Crippen LogP contribution in [0, 0.1) is 32.6 Å². The van der Waals surface area contributed by atoms with E-state index in [4.69, 9.17) is 11.5 Å². The summed E-state index contributed by atoms with van der Waals surface area (Å²) < 4.78 is 0. The van der Waals surface area contributed by atoms with Crippen LogP contribution in [0.1, 0.15) is 0 Å². The largest absolute Gasteiger partial charge is 0.480 e. The zero-order valence-corrected chi connectivity index (χ0v) is 10.1. The molecule has 9 heteroatoms. The fourth-order valence-corrected chi connectivity index (χ4v) is 1.54. The van der Waals surface area contributed by atoms with Gasteiger partial charge >= 0.3 is 5.97 Å². The Bertz CT molecular complexity index is 607. The van der Waals surface area contributed by atoms with Crippen molar-refractivity contribution in [2.75, 3.05) is 18.0 Å². The molecule has 0 aliphatic rings. The fourth-order valence-electron chi connectivity index (χ4n) is 1.54. The Morgan fingerprint density at radius 2 is 2.00 bits per heavy atom. The molecule has 0 aliphatic heterocycles. The van der Waals surface area contributed by atoms with Gasteiger partial charge in [0.2, 0.25) is 0 Å². The number of carboxylic acids is 1. The lowest BCUT2D eigenvalue weighted by atomic mass is 10.2. The van der Waals surface area contributed by atoms with Crippen molar-refractivity contribution in [2.45, 2.75) is 0 Å². The Balaban J connectivity index is 3.33. The number of hydrogen-bond acceptors (Lipinski definition) is 6. The third-order valence-corrected chi connectivity index (χ3v) is 2.32. The molecule has 0 bridgehead atoms. The maximum atomic E-state index is 10.9. The highest BCUT2D eigenvalue weighted by molar-refractivity contribution is 5.77. The van der Waals surface area contributed by atoms with Gasteiger partial charge in [-0.05, 0) is 6.07 Å². The van der Waals surface area contributed by atoms with E-state index in [1.54, 1.807) is 0 Å². The van der Waals surface area contributed by atoms with Crippen molar-refractivity contribution < 1.29 is 19.7 Å². The molecular formula is C11H9N3O6. The molecule has 0 radical (unpaired) electrons. The summed E-state index contributed by atoms with van der Waals surface area (Å²) in [5.41, 5.74) is -1.12. The van der Waals surface area contributed by atoms with Crippen molar-refractivity contribution in [1.29, 1.82) is 0 Å². The molecule has 0 aliphatic carbocycles. The molecule has 0 atom stereocenters. The first kappa shape index (κ1) is 14.9. The molecule has 1 N–H and O–H groups in total. The minimum absolute atomic E-state index is 0.0825. The zero-order valence-electron chi connectivity index (χ0n) is 10.1. The number of carbonyl (C=O) groups is 1. The van der Waals surface area contributed by atoms with Crippen molar-refractivity contribution in [3.8, 4) is 12.3 Å². The van der Waals surface area contributed by atoms with Gasteiger partial charge in [-0.2, -0.15) is 0 Å². The van der Waals surface area contributed by atoms with E-state index in [9.17, 15) is 25.0 Å². The van der Waals surface area contributed by atoms with Gasteiger partial charge in [-0.1, -0.05) is 5.92 Å². The van der Waals surface area contributed by atoms with Gasteiger partial charge in [-0.25, -0.2) is 0 Å². The first-order valence-corrected chi connectivity index (χ1v) is 5.20. The molecule has 1 rings (SSSR count). The third kappa shape index (κ3) is 3.42. The van der Waals surface area contributed by atoms with Crippen LogP contribution in [0.2, 0.25) is 0 Å². The summed E-state index contributed by atoms with van der Waals surface area (Å²) in [6, 6.07) is 2.92. The standard InChI is InChI=1S/C11H9N3O6/c1-2-5-12(7-11(15)16)9-4-3-8(13(17)18)6-10(9)14(19)20/h1,3-4,6H,5,7H2,(H,15,16). The highest BCUT2D eigenvalue weighted by atomic mass is 16.6. The lowest BCUT2D eigenvalue weighted by Gasteiger charge is -2.19.